The molecule has 6 heteroatoms. The summed E-state index contributed by atoms with van der Waals surface area (Å²) in [5, 5.41) is 20.4. The second kappa shape index (κ2) is 8.20. The maximum Gasteiger partial charge on any atom is 1.00 e. The molecule has 0 spiro atoms. The van der Waals surface area contributed by atoms with Gasteiger partial charge in [0.05, 0.1) is 0 Å². The van der Waals surface area contributed by atoms with E-state index in [0.717, 1.165) is 0 Å². The van der Waals surface area contributed by atoms with Gasteiger partial charge in [0, 0.05) is 16.8 Å². The Morgan fingerprint density at radius 3 is 2.21 bits per heavy atom. The van der Waals surface area contributed by atoms with Crippen molar-refractivity contribution >= 4 is 5.97 Å². The van der Waals surface area contributed by atoms with Gasteiger partial charge in [0.2, 0.25) is 6.54 Å². The molecular weight excluding hydrogens is 197 g/mol. The first-order valence-electron chi connectivity index (χ1n) is 4.23. The molecule has 0 aliphatic rings. The Labute approximate surface area is 105 Å². The number of aliphatic carboxylic acids is 1. The summed E-state index contributed by atoms with van der Waals surface area (Å²) >= 11 is 0. The topological polar surface area (TPSA) is 83.3 Å². The molecule has 14 heavy (non-hydrogen) atoms. The van der Waals surface area contributed by atoms with Gasteiger partial charge in [-0.1, -0.05) is 13.8 Å². The van der Waals surface area contributed by atoms with Gasteiger partial charge in [-0.25, -0.2) is 0 Å². The van der Waals surface area contributed by atoms with Crippen molar-refractivity contribution in [2.24, 2.45) is 11.8 Å². The number of carbonyl (C=O) groups is 1. The Hall–Kier alpha value is -0.130. The molecular formula is C8H14NNaO4. The average Bonchev–Trinajstić information content (AvgIpc) is 1.80. The Kier molecular flexibility index (Phi) is 9.55. The van der Waals surface area contributed by atoms with Crippen LogP contribution in [-0.2, 0) is 4.79 Å². The van der Waals surface area contributed by atoms with Crippen molar-refractivity contribution in [1.29, 1.82) is 0 Å². The van der Waals surface area contributed by atoms with E-state index in [9.17, 15) is 20.0 Å². The molecule has 0 fully saturated rings. The summed E-state index contributed by atoms with van der Waals surface area (Å²) in [7, 11) is 0. The van der Waals surface area contributed by atoms with E-state index >= 15 is 0 Å². The molecule has 76 valence electrons. The number of hydrogen-bond acceptors (Lipinski definition) is 4. The van der Waals surface area contributed by atoms with Crippen LogP contribution in [0, 0.1) is 22.0 Å². The first kappa shape index (κ1) is 16.3. The van der Waals surface area contributed by atoms with E-state index in [4.69, 9.17) is 0 Å². The second-order valence-corrected chi connectivity index (χ2v) is 3.59. The molecule has 0 N–H and O–H groups in total. The van der Waals surface area contributed by atoms with Crippen LogP contribution in [-0.4, -0.2) is 17.4 Å². The van der Waals surface area contributed by atoms with Crippen LogP contribution in [0.1, 0.15) is 26.7 Å². The largest absolute Gasteiger partial charge is 1.00 e. The zero-order valence-electron chi connectivity index (χ0n) is 8.86. The monoisotopic (exact) mass is 211 g/mol. The quantitative estimate of drug-likeness (QED) is 0.267. The fourth-order valence-electron chi connectivity index (χ4n) is 1.34. The van der Waals surface area contributed by atoms with Gasteiger partial charge in [-0.2, -0.15) is 0 Å². The molecule has 0 unspecified atom stereocenters. The zero-order chi connectivity index (χ0) is 10.4. The molecule has 0 heterocycles. The Balaban J connectivity index is 0. The number of carboxylic acids is 1. The second-order valence-electron chi connectivity index (χ2n) is 3.59. The molecule has 0 radical (unpaired) electrons. The summed E-state index contributed by atoms with van der Waals surface area (Å²) in [6.45, 7) is 3.52. The van der Waals surface area contributed by atoms with Crippen molar-refractivity contribution in [2.45, 2.75) is 26.7 Å². The minimum absolute atomic E-state index is 0. The smallest absolute Gasteiger partial charge is 0.550 e. The third-order valence-electron chi connectivity index (χ3n) is 1.67. The summed E-state index contributed by atoms with van der Waals surface area (Å²) in [6.07, 6.45) is 0.328. The Morgan fingerprint density at radius 2 is 1.93 bits per heavy atom. The number of carboxylic acid groups (broad SMARTS) is 1. The Morgan fingerprint density at radius 1 is 1.43 bits per heavy atom. The van der Waals surface area contributed by atoms with Crippen LogP contribution in [0.25, 0.3) is 0 Å². The van der Waals surface area contributed by atoms with E-state index in [1.807, 2.05) is 13.8 Å². The van der Waals surface area contributed by atoms with Crippen LogP contribution >= 0.6 is 0 Å². The summed E-state index contributed by atoms with van der Waals surface area (Å²) in [4.78, 5) is 19.9. The summed E-state index contributed by atoms with van der Waals surface area (Å²) in [6, 6.07) is 0. The molecule has 0 saturated carbocycles. The maximum absolute atomic E-state index is 10.2. The van der Waals surface area contributed by atoms with E-state index in [1.54, 1.807) is 0 Å². The summed E-state index contributed by atoms with van der Waals surface area (Å²) in [5.74, 6) is -1.35. The molecule has 0 bridgehead atoms. The fourth-order valence-corrected chi connectivity index (χ4v) is 1.34. The van der Waals surface area contributed by atoms with Crippen molar-refractivity contribution in [3.63, 3.8) is 0 Å². The predicted molar refractivity (Wildman–Crippen MR) is 44.4 cm³/mol. The first-order chi connectivity index (χ1) is 5.91. The van der Waals surface area contributed by atoms with E-state index in [-0.39, 0.29) is 48.4 Å². The predicted octanol–water partition coefficient (Wildman–Crippen LogP) is -2.93. The van der Waals surface area contributed by atoms with Crippen LogP contribution < -0.4 is 34.7 Å². The van der Waals surface area contributed by atoms with Crippen LogP contribution in [0.5, 0.6) is 0 Å². The van der Waals surface area contributed by atoms with Crippen LogP contribution in [0.2, 0.25) is 0 Å². The molecule has 0 aliphatic carbocycles. The SMILES string of the molecule is CC(C)C[C@H](CC(=O)[O-])C[N+](=O)[O-].[Na+]. The molecule has 0 amide bonds. The number of nitro groups is 1. The van der Waals surface area contributed by atoms with Crippen molar-refractivity contribution in [3.8, 4) is 0 Å². The van der Waals surface area contributed by atoms with Crippen molar-refractivity contribution in [2.75, 3.05) is 6.54 Å². The maximum atomic E-state index is 10.2. The molecule has 0 aromatic carbocycles. The van der Waals surface area contributed by atoms with Gasteiger partial charge in [-0.3, -0.25) is 10.1 Å². The molecule has 1 atom stereocenters. The normalized spacial score (nSPS) is 11.9. The van der Waals surface area contributed by atoms with Gasteiger partial charge in [0.1, 0.15) is 0 Å². The van der Waals surface area contributed by atoms with Gasteiger partial charge in [-0.15, -0.1) is 0 Å². The standard InChI is InChI=1S/C8H15NO4.Na/c1-6(2)3-7(4-8(10)11)5-9(12)13;/h6-7H,3-5H2,1-2H3,(H,10,11);/q;+1/p-1/t7-;/m1./s1. The van der Waals surface area contributed by atoms with Crippen LogP contribution in [0.3, 0.4) is 0 Å². The summed E-state index contributed by atoms with van der Waals surface area (Å²) in [5.41, 5.74) is 0. The van der Waals surface area contributed by atoms with Gasteiger partial charge < -0.3 is 9.90 Å². The van der Waals surface area contributed by atoms with E-state index < -0.39 is 16.8 Å². The van der Waals surface area contributed by atoms with Crippen LogP contribution in [0.4, 0.5) is 0 Å². The first-order valence-corrected chi connectivity index (χ1v) is 4.23. The average molecular weight is 211 g/mol. The number of nitrogens with zero attached hydrogens (tertiary/aromatic N) is 1. The van der Waals surface area contributed by atoms with Crippen molar-refractivity contribution < 1.29 is 44.4 Å². The zero-order valence-corrected chi connectivity index (χ0v) is 10.9. The molecule has 5 nitrogen and oxygen atoms in total. The van der Waals surface area contributed by atoms with E-state index in [2.05, 4.69) is 0 Å². The van der Waals surface area contributed by atoms with Gasteiger partial charge >= 0.3 is 29.6 Å². The number of carbonyl (C=O) groups excluding carboxylic acids is 1. The van der Waals surface area contributed by atoms with Crippen molar-refractivity contribution in [3.05, 3.63) is 10.1 Å². The number of rotatable bonds is 6. The van der Waals surface area contributed by atoms with Gasteiger partial charge in [0.15, 0.2) is 0 Å². The summed E-state index contributed by atoms with van der Waals surface area (Å²) < 4.78 is 0. The molecule has 0 saturated heterocycles. The van der Waals surface area contributed by atoms with Gasteiger partial charge in [0.25, 0.3) is 0 Å². The minimum atomic E-state index is -1.22. The molecule has 0 aromatic rings. The molecule has 0 aliphatic heterocycles. The van der Waals surface area contributed by atoms with E-state index in [0.29, 0.717) is 6.42 Å². The van der Waals surface area contributed by atoms with Gasteiger partial charge in [-0.05, 0) is 18.8 Å². The Bertz CT molecular complexity index is 180. The van der Waals surface area contributed by atoms with E-state index in [1.165, 1.54) is 0 Å². The third kappa shape index (κ3) is 9.95. The molecule has 0 aromatic heterocycles. The third-order valence-corrected chi connectivity index (χ3v) is 1.67. The van der Waals surface area contributed by atoms with Crippen molar-refractivity contribution in [1.82, 2.24) is 0 Å². The molecule has 0 rings (SSSR count). The number of hydrogen-bond donors (Lipinski definition) is 0. The van der Waals surface area contributed by atoms with Crippen LogP contribution in [0.15, 0.2) is 0 Å². The minimum Gasteiger partial charge on any atom is -0.550 e. The fraction of sp³-hybridized carbons (Fsp3) is 0.875.